The van der Waals surface area contributed by atoms with Gasteiger partial charge >= 0.3 is 5.97 Å². The molecule has 82 valence electrons. The largest absolute Gasteiger partial charge is 0.469 e. The Balaban J connectivity index is 3.59. The summed E-state index contributed by atoms with van der Waals surface area (Å²) < 4.78 is 4.46. The monoisotopic (exact) mass is 218 g/mol. The first-order valence-corrected chi connectivity index (χ1v) is 5.85. The van der Waals surface area contributed by atoms with E-state index in [-0.39, 0.29) is 18.2 Å². The van der Waals surface area contributed by atoms with E-state index in [4.69, 9.17) is 0 Å². The van der Waals surface area contributed by atoms with E-state index in [1.807, 2.05) is 6.92 Å². The Morgan fingerprint density at radius 1 is 1.36 bits per heavy atom. The Kier molecular flexibility index (Phi) is 7.57. The van der Waals surface area contributed by atoms with Crippen molar-refractivity contribution in [2.75, 3.05) is 12.9 Å². The average molecular weight is 218 g/mol. The lowest BCUT2D eigenvalue weighted by atomic mass is 10.1. The molecule has 0 amide bonds. The zero-order valence-electron chi connectivity index (χ0n) is 9.04. The summed E-state index contributed by atoms with van der Waals surface area (Å²) in [5.41, 5.74) is 0. The molecule has 3 nitrogen and oxygen atoms in total. The van der Waals surface area contributed by atoms with Crippen molar-refractivity contribution in [2.24, 2.45) is 0 Å². The first kappa shape index (κ1) is 13.5. The highest BCUT2D eigenvalue weighted by atomic mass is 32.2. The summed E-state index contributed by atoms with van der Waals surface area (Å²) in [5, 5.41) is 0.352. The van der Waals surface area contributed by atoms with Gasteiger partial charge in [-0.25, -0.2) is 0 Å². The highest BCUT2D eigenvalue weighted by Crippen LogP contribution is 2.14. The van der Waals surface area contributed by atoms with Crippen molar-refractivity contribution in [3.05, 3.63) is 0 Å². The van der Waals surface area contributed by atoms with Gasteiger partial charge in [0, 0.05) is 18.1 Å². The van der Waals surface area contributed by atoms with E-state index in [1.54, 1.807) is 11.8 Å². The first-order chi connectivity index (χ1) is 6.60. The van der Waals surface area contributed by atoms with Crippen molar-refractivity contribution in [3.63, 3.8) is 0 Å². The van der Waals surface area contributed by atoms with Crippen molar-refractivity contribution >= 4 is 23.5 Å². The Morgan fingerprint density at radius 3 is 2.50 bits per heavy atom. The van der Waals surface area contributed by atoms with Crippen molar-refractivity contribution in [1.82, 2.24) is 0 Å². The second-order valence-corrected chi connectivity index (χ2v) is 4.80. The number of hydrogen-bond donors (Lipinski definition) is 0. The van der Waals surface area contributed by atoms with Crippen LogP contribution in [0.1, 0.15) is 33.1 Å². The van der Waals surface area contributed by atoms with Crippen LogP contribution in [-0.2, 0) is 14.3 Å². The SMILES string of the molecule is CCSC(C)CC(=O)CCC(=O)OC. The van der Waals surface area contributed by atoms with Crippen LogP contribution in [0.5, 0.6) is 0 Å². The molecule has 0 spiro atoms. The molecule has 0 saturated heterocycles. The van der Waals surface area contributed by atoms with Gasteiger partial charge in [-0.2, -0.15) is 11.8 Å². The predicted octanol–water partition coefficient (Wildman–Crippen LogP) is 2.04. The molecule has 4 heteroatoms. The average Bonchev–Trinajstić information content (AvgIpc) is 2.14. The number of hydrogen-bond acceptors (Lipinski definition) is 4. The zero-order chi connectivity index (χ0) is 11.0. The van der Waals surface area contributed by atoms with Crippen molar-refractivity contribution in [2.45, 2.75) is 38.4 Å². The van der Waals surface area contributed by atoms with Gasteiger partial charge < -0.3 is 4.74 Å². The molecular weight excluding hydrogens is 200 g/mol. The molecule has 0 radical (unpaired) electrons. The van der Waals surface area contributed by atoms with Crippen LogP contribution in [0.4, 0.5) is 0 Å². The summed E-state index contributed by atoms with van der Waals surface area (Å²) in [7, 11) is 1.34. The molecule has 0 aromatic heterocycles. The third-order valence-electron chi connectivity index (χ3n) is 1.80. The van der Waals surface area contributed by atoms with E-state index >= 15 is 0 Å². The molecule has 0 aromatic carbocycles. The van der Waals surface area contributed by atoms with Crippen LogP contribution in [-0.4, -0.2) is 29.9 Å². The van der Waals surface area contributed by atoms with E-state index in [9.17, 15) is 9.59 Å². The summed E-state index contributed by atoms with van der Waals surface area (Å²) in [6.07, 6.45) is 1.07. The van der Waals surface area contributed by atoms with Crippen molar-refractivity contribution in [3.8, 4) is 0 Å². The normalized spacial score (nSPS) is 12.2. The standard InChI is InChI=1S/C10H18O3S/c1-4-14-8(2)7-9(11)5-6-10(12)13-3/h8H,4-7H2,1-3H3. The molecule has 0 fully saturated rings. The van der Waals surface area contributed by atoms with Gasteiger partial charge in [-0.3, -0.25) is 9.59 Å². The van der Waals surface area contributed by atoms with Crippen LogP contribution in [0.25, 0.3) is 0 Å². The number of carbonyl (C=O) groups excluding carboxylic acids is 2. The molecule has 1 atom stereocenters. The molecule has 0 aromatic rings. The number of Topliss-reactive ketones (excluding diaryl/α,β-unsaturated/α-hetero) is 1. The van der Waals surface area contributed by atoms with Crippen LogP contribution in [0.3, 0.4) is 0 Å². The molecule has 0 aliphatic carbocycles. The molecule has 14 heavy (non-hydrogen) atoms. The van der Waals surface area contributed by atoms with Crippen LogP contribution < -0.4 is 0 Å². The molecule has 0 heterocycles. The minimum Gasteiger partial charge on any atom is -0.469 e. The fraction of sp³-hybridized carbons (Fsp3) is 0.800. The lowest BCUT2D eigenvalue weighted by Gasteiger charge is -2.07. The van der Waals surface area contributed by atoms with Crippen LogP contribution in [0, 0.1) is 0 Å². The summed E-state index contributed by atoms with van der Waals surface area (Å²) in [6, 6.07) is 0. The number of ether oxygens (including phenoxy) is 1. The Labute approximate surface area is 89.6 Å². The molecule has 1 unspecified atom stereocenters. The van der Waals surface area contributed by atoms with E-state index in [1.165, 1.54) is 7.11 Å². The predicted molar refractivity (Wildman–Crippen MR) is 58.5 cm³/mol. The number of rotatable bonds is 7. The zero-order valence-corrected chi connectivity index (χ0v) is 9.86. The molecule has 0 aliphatic heterocycles. The van der Waals surface area contributed by atoms with E-state index in [2.05, 4.69) is 11.7 Å². The van der Waals surface area contributed by atoms with E-state index in [0.717, 1.165) is 5.75 Å². The third-order valence-corrected chi connectivity index (χ3v) is 2.87. The Bertz CT molecular complexity index is 192. The Hall–Kier alpha value is -0.510. The minimum absolute atomic E-state index is 0.142. The topological polar surface area (TPSA) is 43.4 Å². The highest BCUT2D eigenvalue weighted by Gasteiger charge is 2.10. The number of carbonyl (C=O) groups is 2. The number of ketones is 1. The number of methoxy groups -OCH3 is 1. The molecule has 0 N–H and O–H groups in total. The third kappa shape index (κ3) is 6.95. The summed E-state index contributed by atoms with van der Waals surface area (Å²) in [6.45, 7) is 4.10. The van der Waals surface area contributed by atoms with Crippen molar-refractivity contribution < 1.29 is 14.3 Å². The van der Waals surface area contributed by atoms with Gasteiger partial charge in [0.05, 0.1) is 13.5 Å². The first-order valence-electron chi connectivity index (χ1n) is 4.80. The molecule has 0 saturated carbocycles. The van der Waals surface area contributed by atoms with Crippen LogP contribution in [0.2, 0.25) is 0 Å². The van der Waals surface area contributed by atoms with Gasteiger partial charge in [0.15, 0.2) is 0 Å². The van der Waals surface area contributed by atoms with E-state index < -0.39 is 0 Å². The fourth-order valence-electron chi connectivity index (χ4n) is 1.11. The van der Waals surface area contributed by atoms with Gasteiger partial charge in [0.25, 0.3) is 0 Å². The minimum atomic E-state index is -0.311. The molecule has 0 rings (SSSR count). The smallest absolute Gasteiger partial charge is 0.305 e. The molecular formula is C10H18O3S. The summed E-state index contributed by atoms with van der Waals surface area (Å²) >= 11 is 1.76. The summed E-state index contributed by atoms with van der Waals surface area (Å²) in [5.74, 6) is 0.851. The Morgan fingerprint density at radius 2 is 2.00 bits per heavy atom. The van der Waals surface area contributed by atoms with E-state index in [0.29, 0.717) is 18.1 Å². The van der Waals surface area contributed by atoms with Crippen molar-refractivity contribution in [1.29, 1.82) is 0 Å². The molecule has 0 bridgehead atoms. The maximum absolute atomic E-state index is 11.3. The number of thioether (sulfide) groups is 1. The lowest BCUT2D eigenvalue weighted by molar-refractivity contribution is -0.141. The fourth-order valence-corrected chi connectivity index (χ4v) is 1.98. The van der Waals surface area contributed by atoms with Gasteiger partial charge in [-0.05, 0) is 5.75 Å². The molecule has 0 aliphatic rings. The van der Waals surface area contributed by atoms with Crippen LogP contribution in [0.15, 0.2) is 0 Å². The van der Waals surface area contributed by atoms with Gasteiger partial charge in [0.2, 0.25) is 0 Å². The van der Waals surface area contributed by atoms with Gasteiger partial charge in [-0.15, -0.1) is 0 Å². The maximum atomic E-state index is 11.3. The summed E-state index contributed by atoms with van der Waals surface area (Å²) in [4.78, 5) is 22.1. The van der Waals surface area contributed by atoms with Gasteiger partial charge in [-0.1, -0.05) is 13.8 Å². The van der Waals surface area contributed by atoms with Crippen LogP contribution >= 0.6 is 11.8 Å². The highest BCUT2D eigenvalue weighted by molar-refractivity contribution is 7.99. The lowest BCUT2D eigenvalue weighted by Crippen LogP contribution is -2.10. The number of esters is 1. The van der Waals surface area contributed by atoms with Gasteiger partial charge in [0.1, 0.15) is 5.78 Å². The second-order valence-electron chi connectivity index (χ2n) is 3.08. The maximum Gasteiger partial charge on any atom is 0.305 e. The second kappa shape index (κ2) is 7.85. The quantitative estimate of drug-likeness (QED) is 0.613.